The average molecular weight is 359 g/mol. The Kier molecular flexibility index (Phi) is 4.21. The zero-order chi connectivity index (χ0) is 13.1. The van der Waals surface area contributed by atoms with Gasteiger partial charge in [-0.1, -0.05) is 6.07 Å². The van der Waals surface area contributed by atoms with Crippen molar-refractivity contribution in [3.63, 3.8) is 0 Å². The van der Waals surface area contributed by atoms with Crippen LogP contribution in [-0.2, 0) is 4.79 Å². The van der Waals surface area contributed by atoms with Crippen LogP contribution in [0.1, 0.15) is 29.6 Å². The van der Waals surface area contributed by atoms with Crippen molar-refractivity contribution in [2.75, 3.05) is 0 Å². The number of hydrogen-bond donors (Lipinski definition) is 2. The largest absolute Gasteiger partial charge is 0.481 e. The maximum Gasteiger partial charge on any atom is 0.305 e. The average Bonchev–Trinajstić information content (AvgIpc) is 3.11. The Morgan fingerprint density at radius 2 is 2.17 bits per heavy atom. The molecule has 2 N–H and O–H groups in total. The Labute approximate surface area is 119 Å². The number of carbonyl (C=O) groups is 2. The summed E-state index contributed by atoms with van der Waals surface area (Å²) in [6.07, 6.45) is 2.01. The molecular formula is C13H14INO3. The summed E-state index contributed by atoms with van der Waals surface area (Å²) in [6.45, 7) is 0. The Bertz CT molecular complexity index is 471. The predicted octanol–water partition coefficient (Wildman–Crippen LogP) is 2.27. The van der Waals surface area contributed by atoms with Crippen molar-refractivity contribution in [3.8, 4) is 0 Å². The van der Waals surface area contributed by atoms with Gasteiger partial charge in [0.1, 0.15) is 0 Å². The Morgan fingerprint density at radius 3 is 2.72 bits per heavy atom. The number of rotatable bonds is 5. The molecule has 0 heterocycles. The van der Waals surface area contributed by atoms with E-state index in [1.807, 2.05) is 12.1 Å². The van der Waals surface area contributed by atoms with Crippen molar-refractivity contribution < 1.29 is 14.7 Å². The summed E-state index contributed by atoms with van der Waals surface area (Å²) in [5, 5.41) is 11.7. The minimum Gasteiger partial charge on any atom is -0.481 e. The minimum absolute atomic E-state index is 0.000330. The molecule has 1 aliphatic rings. The van der Waals surface area contributed by atoms with E-state index >= 15 is 0 Å². The number of hydrogen-bond acceptors (Lipinski definition) is 2. The fourth-order valence-corrected chi connectivity index (χ4v) is 2.45. The van der Waals surface area contributed by atoms with E-state index in [1.54, 1.807) is 12.1 Å². The molecular weight excluding hydrogens is 345 g/mol. The molecule has 1 atom stereocenters. The molecule has 0 bridgehead atoms. The highest BCUT2D eigenvalue weighted by molar-refractivity contribution is 14.1. The zero-order valence-electron chi connectivity index (χ0n) is 9.73. The van der Waals surface area contributed by atoms with Gasteiger partial charge >= 0.3 is 5.97 Å². The lowest BCUT2D eigenvalue weighted by Crippen LogP contribution is -2.38. The summed E-state index contributed by atoms with van der Waals surface area (Å²) in [4.78, 5) is 22.8. The second-order valence-corrected chi connectivity index (χ2v) is 5.77. The van der Waals surface area contributed by atoms with E-state index in [4.69, 9.17) is 5.11 Å². The van der Waals surface area contributed by atoms with Gasteiger partial charge in [0.15, 0.2) is 0 Å². The molecule has 96 valence electrons. The third-order valence-electron chi connectivity index (χ3n) is 2.99. The quantitative estimate of drug-likeness (QED) is 0.793. The van der Waals surface area contributed by atoms with E-state index in [-0.39, 0.29) is 18.4 Å². The predicted molar refractivity (Wildman–Crippen MR) is 75.4 cm³/mol. The maximum atomic E-state index is 12.0. The summed E-state index contributed by atoms with van der Waals surface area (Å²) in [6, 6.07) is 7.02. The molecule has 1 aliphatic carbocycles. The molecule has 0 radical (unpaired) electrons. The van der Waals surface area contributed by atoms with Crippen LogP contribution in [0.3, 0.4) is 0 Å². The molecule has 0 saturated heterocycles. The summed E-state index contributed by atoms with van der Waals surface area (Å²) in [5.41, 5.74) is 0.581. The van der Waals surface area contributed by atoms with Crippen LogP contribution < -0.4 is 5.32 Å². The first-order chi connectivity index (χ1) is 8.56. The van der Waals surface area contributed by atoms with Crippen LogP contribution in [0.4, 0.5) is 0 Å². The fraction of sp³-hybridized carbons (Fsp3) is 0.385. The lowest BCUT2D eigenvalue weighted by molar-refractivity contribution is -0.137. The molecule has 18 heavy (non-hydrogen) atoms. The van der Waals surface area contributed by atoms with Gasteiger partial charge in [-0.15, -0.1) is 0 Å². The fourth-order valence-electron chi connectivity index (χ4n) is 1.90. The van der Waals surface area contributed by atoms with Gasteiger partial charge in [0.05, 0.1) is 6.42 Å². The third kappa shape index (κ3) is 3.69. The van der Waals surface area contributed by atoms with Gasteiger partial charge in [-0.25, -0.2) is 0 Å². The van der Waals surface area contributed by atoms with E-state index in [1.165, 1.54) is 0 Å². The number of carbonyl (C=O) groups excluding carboxylic acids is 1. The number of aliphatic carboxylic acids is 1. The van der Waals surface area contributed by atoms with Crippen molar-refractivity contribution >= 4 is 34.5 Å². The summed E-state index contributed by atoms with van der Waals surface area (Å²) in [7, 11) is 0. The topological polar surface area (TPSA) is 66.4 Å². The van der Waals surface area contributed by atoms with Gasteiger partial charge in [-0.05, 0) is 59.5 Å². The van der Waals surface area contributed by atoms with E-state index in [0.717, 1.165) is 16.4 Å². The summed E-state index contributed by atoms with van der Waals surface area (Å²) < 4.78 is 0.987. The molecule has 1 saturated carbocycles. The number of nitrogens with one attached hydrogen (secondary N) is 1. The molecule has 2 rings (SSSR count). The molecule has 0 unspecified atom stereocenters. The van der Waals surface area contributed by atoms with Crippen molar-refractivity contribution in [2.24, 2.45) is 5.92 Å². The van der Waals surface area contributed by atoms with Crippen LogP contribution in [0.2, 0.25) is 0 Å². The van der Waals surface area contributed by atoms with Gasteiger partial charge in [0.2, 0.25) is 0 Å². The first-order valence-corrected chi connectivity index (χ1v) is 6.92. The van der Waals surface area contributed by atoms with Crippen LogP contribution >= 0.6 is 22.6 Å². The normalized spacial score (nSPS) is 16.1. The monoisotopic (exact) mass is 359 g/mol. The highest BCUT2D eigenvalue weighted by Crippen LogP contribution is 2.34. The van der Waals surface area contributed by atoms with E-state index in [0.29, 0.717) is 11.5 Å². The van der Waals surface area contributed by atoms with Crippen molar-refractivity contribution in [3.05, 3.63) is 33.4 Å². The summed E-state index contributed by atoms with van der Waals surface area (Å²) in [5.74, 6) is -0.727. The number of benzene rings is 1. The molecule has 4 nitrogen and oxygen atoms in total. The van der Waals surface area contributed by atoms with Gasteiger partial charge < -0.3 is 10.4 Å². The molecule has 0 aromatic heterocycles. The van der Waals surface area contributed by atoms with Crippen LogP contribution in [0.25, 0.3) is 0 Å². The maximum absolute atomic E-state index is 12.0. The molecule has 5 heteroatoms. The third-order valence-corrected chi connectivity index (χ3v) is 3.66. The lowest BCUT2D eigenvalue weighted by atomic mass is 10.1. The van der Waals surface area contributed by atoms with Gasteiger partial charge in [-0.3, -0.25) is 9.59 Å². The standard InChI is InChI=1S/C13H14INO3/c14-10-3-1-2-9(6-10)13(18)15-11(7-12(16)17)8-4-5-8/h1-3,6,8,11H,4-5,7H2,(H,15,18)(H,16,17)/t11-/m1/s1. The second kappa shape index (κ2) is 5.69. The number of carboxylic acids is 1. The van der Waals surface area contributed by atoms with Gasteiger partial charge in [0, 0.05) is 15.2 Å². The highest BCUT2D eigenvalue weighted by atomic mass is 127. The van der Waals surface area contributed by atoms with Crippen LogP contribution in [0, 0.1) is 9.49 Å². The summed E-state index contributed by atoms with van der Waals surface area (Å²) >= 11 is 2.14. The van der Waals surface area contributed by atoms with Crippen molar-refractivity contribution in [1.82, 2.24) is 5.32 Å². The second-order valence-electron chi connectivity index (χ2n) is 4.53. The number of amides is 1. The van der Waals surface area contributed by atoms with Gasteiger partial charge in [-0.2, -0.15) is 0 Å². The molecule has 1 aromatic rings. The Hall–Kier alpha value is -1.11. The number of halogens is 1. The van der Waals surface area contributed by atoms with Gasteiger partial charge in [0.25, 0.3) is 5.91 Å². The Morgan fingerprint density at radius 1 is 1.44 bits per heavy atom. The highest BCUT2D eigenvalue weighted by Gasteiger charge is 2.33. The van der Waals surface area contributed by atoms with E-state index < -0.39 is 5.97 Å². The molecule has 1 aromatic carbocycles. The van der Waals surface area contributed by atoms with Crippen molar-refractivity contribution in [1.29, 1.82) is 0 Å². The van der Waals surface area contributed by atoms with E-state index in [9.17, 15) is 9.59 Å². The zero-order valence-corrected chi connectivity index (χ0v) is 11.9. The van der Waals surface area contributed by atoms with Crippen LogP contribution in [-0.4, -0.2) is 23.0 Å². The smallest absolute Gasteiger partial charge is 0.305 e. The van der Waals surface area contributed by atoms with E-state index in [2.05, 4.69) is 27.9 Å². The SMILES string of the molecule is O=C(O)C[C@@H](NC(=O)c1cccc(I)c1)C1CC1. The first kappa shape index (κ1) is 13.3. The molecule has 0 aliphatic heterocycles. The first-order valence-electron chi connectivity index (χ1n) is 5.84. The van der Waals surface area contributed by atoms with Crippen LogP contribution in [0.5, 0.6) is 0 Å². The molecule has 0 spiro atoms. The van der Waals surface area contributed by atoms with Crippen molar-refractivity contribution in [2.45, 2.75) is 25.3 Å². The molecule has 1 fully saturated rings. The lowest BCUT2D eigenvalue weighted by Gasteiger charge is -2.16. The number of carboxylic acid groups (broad SMARTS) is 1. The van der Waals surface area contributed by atoms with Crippen LogP contribution in [0.15, 0.2) is 24.3 Å². The Balaban J connectivity index is 2.02. The minimum atomic E-state index is -0.866. The molecule has 1 amide bonds.